The number of nitrogens with zero attached hydrogens (tertiary/aromatic N) is 6. The molecule has 5 rings (SSSR count). The minimum Gasteiger partial charge on any atom is -0.493 e. The van der Waals surface area contributed by atoms with Gasteiger partial charge in [-0.25, -0.2) is 14.6 Å². The van der Waals surface area contributed by atoms with Crippen LogP contribution in [0.4, 0.5) is 15.3 Å². The van der Waals surface area contributed by atoms with Gasteiger partial charge in [0.2, 0.25) is 0 Å². The maximum Gasteiger partial charge on any atom is 0.410 e. The highest BCUT2D eigenvalue weighted by Gasteiger charge is 2.29. The van der Waals surface area contributed by atoms with Crippen LogP contribution in [0.25, 0.3) is 11.0 Å². The van der Waals surface area contributed by atoms with Gasteiger partial charge < -0.3 is 28.6 Å². The SMILES string of the molecule is CCCCCOc1cc(N2CCCN(Cc3ccnc4c3ccn4CCN3CCN(C(=O)OC(C)(C)C)CC3)C2=O)ccc1OC. The highest BCUT2D eigenvalue weighted by atomic mass is 16.6. The second-order valence-corrected chi connectivity index (χ2v) is 13.1. The molecular weight excluding hydrogens is 584 g/mol. The molecule has 0 radical (unpaired) electrons. The number of urea groups is 1. The molecule has 0 aliphatic carbocycles. The van der Waals surface area contributed by atoms with Crippen LogP contribution >= 0.6 is 0 Å². The quantitative estimate of drug-likeness (QED) is 0.226. The number of anilines is 1. The monoisotopic (exact) mass is 634 g/mol. The average molecular weight is 635 g/mol. The Hall–Kier alpha value is -3.99. The van der Waals surface area contributed by atoms with Crippen LogP contribution in [0.1, 0.15) is 58.9 Å². The van der Waals surface area contributed by atoms with E-state index in [0.717, 1.165) is 74.1 Å². The van der Waals surface area contributed by atoms with E-state index in [1.54, 1.807) is 12.0 Å². The Balaban J connectivity index is 1.20. The average Bonchev–Trinajstić information content (AvgIpc) is 3.46. The number of hydrogen-bond acceptors (Lipinski definition) is 7. The third-order valence-electron chi connectivity index (χ3n) is 8.57. The van der Waals surface area contributed by atoms with Crippen molar-refractivity contribution in [2.24, 2.45) is 0 Å². The topological polar surface area (TPSA) is 92.6 Å². The predicted octanol–water partition coefficient (Wildman–Crippen LogP) is 6.00. The minimum absolute atomic E-state index is 0.0109. The van der Waals surface area contributed by atoms with Crippen molar-refractivity contribution < 1.29 is 23.8 Å². The van der Waals surface area contributed by atoms with Gasteiger partial charge in [0.05, 0.1) is 13.7 Å². The normalized spacial score (nSPS) is 16.3. The fraction of sp³-hybridized carbons (Fsp3) is 0.571. The van der Waals surface area contributed by atoms with Crippen molar-refractivity contribution in [3.05, 3.63) is 48.3 Å². The number of carbonyl (C=O) groups is 2. The van der Waals surface area contributed by atoms with Gasteiger partial charge in [-0.2, -0.15) is 0 Å². The minimum atomic E-state index is -0.487. The van der Waals surface area contributed by atoms with Crippen molar-refractivity contribution in [2.45, 2.75) is 72.1 Å². The first-order valence-corrected chi connectivity index (χ1v) is 16.7. The van der Waals surface area contributed by atoms with Crippen LogP contribution in [-0.2, 0) is 17.8 Å². The van der Waals surface area contributed by atoms with E-state index in [-0.39, 0.29) is 12.1 Å². The Bertz CT molecular complexity index is 1480. The lowest BCUT2D eigenvalue weighted by Gasteiger charge is -2.36. The van der Waals surface area contributed by atoms with E-state index in [1.807, 2.05) is 61.0 Å². The van der Waals surface area contributed by atoms with E-state index in [9.17, 15) is 9.59 Å². The second kappa shape index (κ2) is 15.1. The molecule has 2 aliphatic rings. The lowest BCUT2D eigenvalue weighted by atomic mass is 10.1. The molecule has 0 spiro atoms. The molecule has 0 saturated carbocycles. The van der Waals surface area contributed by atoms with E-state index >= 15 is 0 Å². The van der Waals surface area contributed by atoms with Gasteiger partial charge in [-0.05, 0) is 63.4 Å². The smallest absolute Gasteiger partial charge is 0.410 e. The maximum absolute atomic E-state index is 13.8. The van der Waals surface area contributed by atoms with Gasteiger partial charge in [-0.3, -0.25) is 9.80 Å². The number of amides is 3. The zero-order chi connectivity index (χ0) is 32.7. The predicted molar refractivity (Wildman–Crippen MR) is 180 cm³/mol. The summed E-state index contributed by atoms with van der Waals surface area (Å²) in [6.45, 7) is 14.9. The Morgan fingerprint density at radius 1 is 0.957 bits per heavy atom. The van der Waals surface area contributed by atoms with E-state index < -0.39 is 5.60 Å². The summed E-state index contributed by atoms with van der Waals surface area (Å²) < 4.78 is 19.3. The molecule has 11 heteroatoms. The molecule has 46 heavy (non-hydrogen) atoms. The van der Waals surface area contributed by atoms with E-state index in [1.165, 1.54) is 0 Å². The molecule has 3 aromatic rings. The number of hydrogen-bond donors (Lipinski definition) is 0. The highest BCUT2D eigenvalue weighted by Crippen LogP contribution is 2.34. The number of carbonyl (C=O) groups excluding carboxylic acids is 2. The second-order valence-electron chi connectivity index (χ2n) is 13.1. The fourth-order valence-corrected chi connectivity index (χ4v) is 6.05. The van der Waals surface area contributed by atoms with Crippen LogP contribution in [0.15, 0.2) is 42.7 Å². The van der Waals surface area contributed by atoms with Gasteiger partial charge in [-0.15, -0.1) is 0 Å². The number of pyridine rings is 1. The number of methoxy groups -OCH3 is 1. The number of ether oxygens (including phenoxy) is 3. The first-order valence-electron chi connectivity index (χ1n) is 16.7. The van der Waals surface area contributed by atoms with Crippen LogP contribution in [-0.4, -0.2) is 102 Å². The molecule has 2 aromatic heterocycles. The number of unbranched alkanes of at least 4 members (excludes halogenated alkanes) is 2. The van der Waals surface area contributed by atoms with Gasteiger partial charge in [0, 0.05) is 88.4 Å². The number of benzene rings is 1. The summed E-state index contributed by atoms with van der Waals surface area (Å²) in [5.41, 5.74) is 2.34. The molecule has 0 atom stereocenters. The van der Waals surface area contributed by atoms with Crippen LogP contribution < -0.4 is 14.4 Å². The third kappa shape index (κ3) is 8.23. The molecule has 2 fully saturated rings. The van der Waals surface area contributed by atoms with Gasteiger partial charge >= 0.3 is 12.1 Å². The molecule has 0 N–H and O–H groups in total. The molecule has 2 aliphatic heterocycles. The lowest BCUT2D eigenvalue weighted by molar-refractivity contribution is 0.0143. The van der Waals surface area contributed by atoms with Gasteiger partial charge in [0.15, 0.2) is 11.5 Å². The summed E-state index contributed by atoms with van der Waals surface area (Å²) in [6.07, 6.45) is 7.78. The number of aromatic nitrogens is 2. The van der Waals surface area contributed by atoms with E-state index in [0.29, 0.717) is 50.8 Å². The van der Waals surface area contributed by atoms with Gasteiger partial charge in [-0.1, -0.05) is 19.8 Å². The summed E-state index contributed by atoms with van der Waals surface area (Å²) >= 11 is 0. The van der Waals surface area contributed by atoms with Crippen molar-refractivity contribution in [3.8, 4) is 11.5 Å². The molecular formula is C35H50N6O5. The molecule has 11 nitrogen and oxygen atoms in total. The fourth-order valence-electron chi connectivity index (χ4n) is 6.05. The first kappa shape index (κ1) is 33.4. The summed E-state index contributed by atoms with van der Waals surface area (Å²) in [5, 5.41) is 1.06. The largest absolute Gasteiger partial charge is 0.493 e. The molecule has 2 saturated heterocycles. The van der Waals surface area contributed by atoms with Gasteiger partial charge in [0.1, 0.15) is 11.2 Å². The molecule has 3 amide bonds. The van der Waals surface area contributed by atoms with Crippen molar-refractivity contribution in [2.75, 3.05) is 64.4 Å². The Morgan fingerprint density at radius 3 is 2.50 bits per heavy atom. The van der Waals surface area contributed by atoms with Crippen molar-refractivity contribution in [3.63, 3.8) is 0 Å². The molecule has 0 unspecified atom stereocenters. The summed E-state index contributed by atoms with van der Waals surface area (Å²) in [7, 11) is 1.64. The van der Waals surface area contributed by atoms with E-state index in [4.69, 9.17) is 19.2 Å². The zero-order valence-electron chi connectivity index (χ0n) is 28.2. The van der Waals surface area contributed by atoms with Crippen molar-refractivity contribution in [1.82, 2.24) is 24.3 Å². The first-order chi connectivity index (χ1) is 22.2. The molecule has 250 valence electrons. The molecule has 0 bridgehead atoms. The van der Waals surface area contributed by atoms with Gasteiger partial charge in [0.25, 0.3) is 0 Å². The zero-order valence-corrected chi connectivity index (χ0v) is 28.2. The number of fused-ring (bicyclic) bond motifs is 1. The maximum atomic E-state index is 13.8. The Labute approximate surface area is 273 Å². The Kier molecular flexibility index (Phi) is 10.9. The Morgan fingerprint density at radius 2 is 1.76 bits per heavy atom. The standard InChI is InChI=1S/C35H50N6O5/c1-6-7-8-24-45-31-25-28(10-11-30(31)44-5)41-16-9-15-40(33(41)42)26-27-12-14-36-32-29(27)13-17-38(32)21-18-37-19-22-39(23-20-37)34(43)46-35(2,3)4/h10-14,17,25H,6-9,15-16,18-24,26H2,1-5H3. The van der Waals surface area contributed by atoms with Crippen molar-refractivity contribution in [1.29, 1.82) is 0 Å². The number of piperazine rings is 1. The lowest BCUT2D eigenvalue weighted by Crippen LogP contribution is -2.50. The van der Waals surface area contributed by atoms with Crippen LogP contribution in [0.5, 0.6) is 11.5 Å². The third-order valence-corrected chi connectivity index (χ3v) is 8.57. The summed E-state index contributed by atoms with van der Waals surface area (Å²) in [5.74, 6) is 1.34. The molecule has 4 heterocycles. The van der Waals surface area contributed by atoms with Crippen LogP contribution in [0.2, 0.25) is 0 Å². The number of rotatable bonds is 12. The summed E-state index contributed by atoms with van der Waals surface area (Å²) in [4.78, 5) is 38.8. The highest BCUT2D eigenvalue weighted by molar-refractivity contribution is 5.93. The molecule has 1 aromatic carbocycles. The summed E-state index contributed by atoms with van der Waals surface area (Å²) in [6, 6.07) is 9.85. The van der Waals surface area contributed by atoms with Crippen molar-refractivity contribution >= 4 is 28.8 Å². The van der Waals surface area contributed by atoms with Crippen LogP contribution in [0, 0.1) is 0 Å². The van der Waals surface area contributed by atoms with E-state index in [2.05, 4.69) is 28.7 Å². The van der Waals surface area contributed by atoms with Crippen LogP contribution in [0.3, 0.4) is 0 Å².